The highest BCUT2D eigenvalue weighted by Crippen LogP contribution is 2.30. The third kappa shape index (κ3) is 29.1. The van der Waals surface area contributed by atoms with Crippen molar-refractivity contribution in [2.75, 3.05) is 0 Å². The Labute approximate surface area is 463 Å². The second-order valence-electron chi connectivity index (χ2n) is 20.7. The highest BCUT2D eigenvalue weighted by Gasteiger charge is 2.28. The molecule has 0 fully saturated rings. The normalized spacial score (nSPS) is 10.4. The van der Waals surface area contributed by atoms with Gasteiger partial charge in [0.1, 0.15) is 23.3 Å². The zero-order valence-corrected chi connectivity index (χ0v) is 49.3. The van der Waals surface area contributed by atoms with Crippen LogP contribution in [0.4, 0.5) is 35.1 Å². The summed E-state index contributed by atoms with van der Waals surface area (Å²) in [6.07, 6.45) is 0. The molecule has 420 valence electrons. The molecular formula is C70H84F8. The van der Waals surface area contributed by atoms with Crippen molar-refractivity contribution < 1.29 is 35.1 Å². The number of hydrogen-bond acceptors (Lipinski definition) is 0. The fraction of sp³-hybridized carbons (Fsp3) is 0.314. The van der Waals surface area contributed by atoms with E-state index in [1.807, 2.05) is 52.8 Å². The van der Waals surface area contributed by atoms with Crippen molar-refractivity contribution in [3.63, 3.8) is 0 Å². The predicted octanol–water partition coefficient (Wildman–Crippen LogP) is 22.2. The largest absolute Gasteiger partial charge is 0.273 e. The van der Waals surface area contributed by atoms with Gasteiger partial charge in [-0.05, 0) is 148 Å². The van der Waals surface area contributed by atoms with E-state index >= 15 is 0 Å². The van der Waals surface area contributed by atoms with Crippen LogP contribution in [0.1, 0.15) is 142 Å². The van der Waals surface area contributed by atoms with Gasteiger partial charge in [0, 0.05) is 19.4 Å². The quantitative estimate of drug-likeness (QED) is 0.154. The maximum absolute atomic E-state index is 13.0. The first-order valence-corrected chi connectivity index (χ1v) is 26.1. The van der Waals surface area contributed by atoms with Gasteiger partial charge >= 0.3 is 0 Å². The molecule has 0 amide bonds. The Hall–Kier alpha value is -6.80. The summed E-state index contributed by atoms with van der Waals surface area (Å²) in [5.74, 6) is -6.09. The van der Waals surface area contributed by atoms with Crippen molar-refractivity contribution in [3.8, 4) is 0 Å². The number of rotatable bonds is 4. The molecule has 78 heavy (non-hydrogen) atoms. The molecule has 0 radical (unpaired) electrons. The molecule has 0 N–H and O–H groups in total. The summed E-state index contributed by atoms with van der Waals surface area (Å²) in [5.41, 5.74) is 14.8. The molecule has 0 aliphatic heterocycles. The Morgan fingerprint density at radius 1 is 0.295 bits per heavy atom. The van der Waals surface area contributed by atoms with E-state index in [0.29, 0.717) is 18.4 Å². The van der Waals surface area contributed by atoms with Gasteiger partial charge in [0.15, 0.2) is 0 Å². The molecular weight excluding hydrogens is 993 g/mol. The van der Waals surface area contributed by atoms with Gasteiger partial charge in [0.05, 0.1) is 5.56 Å². The maximum atomic E-state index is 13.0. The molecule has 8 heteroatoms. The van der Waals surface area contributed by atoms with Gasteiger partial charge in [0.25, 0.3) is 11.8 Å². The van der Waals surface area contributed by atoms with E-state index in [0.717, 1.165) is 58.0 Å². The molecule has 0 aliphatic carbocycles. The topological polar surface area (TPSA) is 0 Å². The van der Waals surface area contributed by atoms with E-state index < -0.39 is 23.2 Å². The highest BCUT2D eigenvalue weighted by molar-refractivity contribution is 5.30. The minimum atomic E-state index is -3.10. The molecule has 0 aliphatic rings. The number of benzene rings is 8. The lowest BCUT2D eigenvalue weighted by Crippen LogP contribution is -2.09. The van der Waals surface area contributed by atoms with Crippen LogP contribution in [-0.4, -0.2) is 0 Å². The van der Waals surface area contributed by atoms with Crippen molar-refractivity contribution in [1.82, 2.24) is 0 Å². The summed E-state index contributed by atoms with van der Waals surface area (Å²) in [5, 5.41) is 0. The molecule has 0 spiro atoms. The zero-order chi connectivity index (χ0) is 59.5. The predicted molar refractivity (Wildman–Crippen MR) is 316 cm³/mol. The minimum Gasteiger partial charge on any atom is -0.207 e. The van der Waals surface area contributed by atoms with Gasteiger partial charge in [-0.1, -0.05) is 223 Å². The lowest BCUT2D eigenvalue weighted by atomic mass is 10.0. The van der Waals surface area contributed by atoms with E-state index in [9.17, 15) is 35.1 Å². The molecule has 0 bridgehead atoms. The van der Waals surface area contributed by atoms with E-state index in [4.69, 9.17) is 0 Å². The monoisotopic (exact) mass is 1080 g/mol. The summed E-state index contributed by atoms with van der Waals surface area (Å²) >= 11 is 0. The van der Waals surface area contributed by atoms with Gasteiger partial charge in [-0.3, -0.25) is 0 Å². The second-order valence-corrected chi connectivity index (χ2v) is 20.7. The fourth-order valence-corrected chi connectivity index (χ4v) is 7.23. The van der Waals surface area contributed by atoms with Crippen LogP contribution in [0.5, 0.6) is 0 Å². The van der Waals surface area contributed by atoms with Crippen LogP contribution in [0.15, 0.2) is 170 Å². The number of halogens is 8. The van der Waals surface area contributed by atoms with E-state index in [1.54, 1.807) is 58.0 Å². The molecule has 8 aromatic rings. The first kappa shape index (κ1) is 69.2. The highest BCUT2D eigenvalue weighted by atomic mass is 19.3. The Kier molecular flexibility index (Phi) is 30.3. The molecule has 0 heterocycles. The van der Waals surface area contributed by atoms with Crippen LogP contribution < -0.4 is 0 Å². The van der Waals surface area contributed by atoms with Crippen molar-refractivity contribution >= 4 is 0 Å². The maximum Gasteiger partial charge on any atom is 0.273 e. The van der Waals surface area contributed by atoms with Crippen molar-refractivity contribution in [2.45, 2.75) is 148 Å². The van der Waals surface area contributed by atoms with E-state index in [1.165, 1.54) is 69.8 Å². The third-order valence-corrected chi connectivity index (χ3v) is 11.6. The molecule has 8 aromatic carbocycles. The average molecular weight is 1080 g/mol. The van der Waals surface area contributed by atoms with Gasteiger partial charge in [-0.2, -0.15) is 0 Å². The van der Waals surface area contributed by atoms with Crippen LogP contribution in [0, 0.1) is 106 Å². The summed E-state index contributed by atoms with van der Waals surface area (Å²) in [6, 6.07) is 51.0. The van der Waals surface area contributed by atoms with Crippen LogP contribution in [0.3, 0.4) is 0 Å². The lowest BCUT2D eigenvalue weighted by molar-refractivity contribution is 0.0135. The Morgan fingerprint density at radius 3 is 0.872 bits per heavy atom. The summed E-state index contributed by atoms with van der Waals surface area (Å²) in [7, 11) is 0. The minimum absolute atomic E-state index is 0.0810. The van der Waals surface area contributed by atoms with Crippen LogP contribution >= 0.6 is 0 Å². The summed E-state index contributed by atoms with van der Waals surface area (Å²) < 4.78 is 101. The first-order chi connectivity index (χ1) is 36.2. The summed E-state index contributed by atoms with van der Waals surface area (Å²) in [4.78, 5) is 0. The van der Waals surface area contributed by atoms with Gasteiger partial charge in [0.2, 0.25) is 0 Å². The molecule has 0 aromatic heterocycles. The third-order valence-electron chi connectivity index (χ3n) is 11.6. The van der Waals surface area contributed by atoms with Crippen molar-refractivity contribution in [1.29, 1.82) is 0 Å². The number of alkyl halides is 4. The summed E-state index contributed by atoms with van der Waals surface area (Å²) in [6.45, 7) is 33.4. The molecule has 8 rings (SSSR count). The second kappa shape index (κ2) is 34.2. The van der Waals surface area contributed by atoms with Crippen LogP contribution in [0.25, 0.3) is 0 Å². The zero-order valence-electron chi connectivity index (χ0n) is 49.3. The lowest BCUT2D eigenvalue weighted by Gasteiger charge is -2.11. The smallest absolute Gasteiger partial charge is 0.207 e. The Balaban J connectivity index is 0.000000447. The first-order valence-electron chi connectivity index (χ1n) is 26.1. The van der Waals surface area contributed by atoms with Crippen LogP contribution in [-0.2, 0) is 11.8 Å². The molecule has 0 unspecified atom stereocenters. The van der Waals surface area contributed by atoms with Gasteiger partial charge in [-0.15, -0.1) is 0 Å². The number of hydrogen-bond donors (Lipinski definition) is 0. The van der Waals surface area contributed by atoms with E-state index in [-0.39, 0.29) is 28.9 Å². The Bertz CT molecular complexity index is 2880. The van der Waals surface area contributed by atoms with Crippen molar-refractivity contribution in [3.05, 3.63) is 282 Å². The van der Waals surface area contributed by atoms with E-state index in [2.05, 4.69) is 121 Å². The number of aryl methyl sites for hydroxylation is 12. The molecule has 0 saturated carbocycles. The average Bonchev–Trinajstić information content (AvgIpc) is 3.34. The Morgan fingerprint density at radius 2 is 0.615 bits per heavy atom. The SMILES string of the molecule is Cc1ccc(F)c(C(C)(F)F)c1.Cc1ccc(F)c(C(C)C)c1.Cc1ccc(F)c(C)c1.Cc1ccc(F)c(C)c1.Cc1cccc(C(C)(F)F)c1.Cc1cccc(C(C)C)c1.Cc1cccc(C)c1.Cc1cccc(C)c1. The fourth-order valence-electron chi connectivity index (χ4n) is 7.23. The van der Waals surface area contributed by atoms with Gasteiger partial charge < -0.3 is 0 Å². The molecule has 0 atom stereocenters. The van der Waals surface area contributed by atoms with Crippen LogP contribution in [0.2, 0.25) is 0 Å². The van der Waals surface area contributed by atoms with Crippen molar-refractivity contribution in [2.24, 2.45) is 0 Å². The molecule has 0 saturated heterocycles. The molecule has 0 nitrogen and oxygen atoms in total. The van der Waals surface area contributed by atoms with Gasteiger partial charge in [-0.25, -0.2) is 35.1 Å². The standard InChI is InChI=1S/C10H13F.C10H14.C9H9F3.C9H10F2.2C8H9F.2C8H10/c1-7(2)9-6-8(3)4-5-10(9)11;1-8(2)10-6-4-5-9(3)7-10;1-6-3-4-8(10)7(5-6)9(2,11)12;1-7-4-3-5-8(6-7)9(2,10)11;2*1-6-3-4-8(9)7(2)5-6;2*1-7-4-3-5-8(2)6-7/h4-7H,1-3H3;4-8H,1-3H3;3-5H,1-2H3;3-6H,1-2H3;2*3-5H,1-2H3;2*3-6H,1-2H3.